The lowest BCUT2D eigenvalue weighted by molar-refractivity contribution is 0.194. The molecule has 0 bridgehead atoms. The van der Waals surface area contributed by atoms with Crippen molar-refractivity contribution in [3.8, 4) is 0 Å². The normalized spacial score (nSPS) is 10.8. The molecule has 2 rings (SSSR count). The fourth-order valence-electron chi connectivity index (χ4n) is 1.31. The van der Waals surface area contributed by atoms with Gasteiger partial charge in [0.2, 0.25) is 0 Å². The topological polar surface area (TPSA) is 25.2 Å². The van der Waals surface area contributed by atoms with Gasteiger partial charge in [0.15, 0.2) is 0 Å². The molecule has 0 aliphatic rings. The molecule has 1 N–H and O–H groups in total. The van der Waals surface area contributed by atoms with Crippen molar-refractivity contribution in [1.29, 1.82) is 0 Å². The molecule has 0 aliphatic heterocycles. The summed E-state index contributed by atoms with van der Waals surface area (Å²) in [4.78, 5) is 0. The highest BCUT2D eigenvalue weighted by Crippen LogP contribution is 2.28. The summed E-state index contributed by atoms with van der Waals surface area (Å²) < 4.78 is 1.11. The first-order valence-electron chi connectivity index (χ1n) is 3.66. The SMILES string of the molecule is Cc1c(Cl)c2ccccc2n1O. The minimum Gasteiger partial charge on any atom is -0.428 e. The summed E-state index contributed by atoms with van der Waals surface area (Å²) in [5.41, 5.74) is 1.43. The highest BCUT2D eigenvalue weighted by Gasteiger charge is 2.09. The van der Waals surface area contributed by atoms with Gasteiger partial charge in [-0.3, -0.25) is 0 Å². The van der Waals surface area contributed by atoms with Gasteiger partial charge in [-0.25, -0.2) is 0 Å². The summed E-state index contributed by atoms with van der Waals surface area (Å²) >= 11 is 5.97. The van der Waals surface area contributed by atoms with E-state index in [1.165, 1.54) is 0 Å². The average molecular weight is 182 g/mol. The van der Waals surface area contributed by atoms with E-state index < -0.39 is 0 Å². The van der Waals surface area contributed by atoms with Crippen molar-refractivity contribution in [3.63, 3.8) is 0 Å². The molecule has 0 unspecified atom stereocenters. The number of benzene rings is 1. The molecule has 0 fully saturated rings. The van der Waals surface area contributed by atoms with Gasteiger partial charge in [0.05, 0.1) is 16.2 Å². The largest absolute Gasteiger partial charge is 0.428 e. The second kappa shape index (κ2) is 2.42. The summed E-state index contributed by atoms with van der Waals surface area (Å²) in [6.07, 6.45) is 0. The molecule has 1 aromatic carbocycles. The second-order valence-electron chi connectivity index (χ2n) is 2.73. The van der Waals surface area contributed by atoms with Crippen molar-refractivity contribution in [2.75, 3.05) is 0 Å². The zero-order valence-electron chi connectivity index (χ0n) is 6.58. The Morgan fingerprint density at radius 3 is 2.67 bits per heavy atom. The zero-order valence-corrected chi connectivity index (χ0v) is 7.34. The quantitative estimate of drug-likeness (QED) is 0.622. The van der Waals surface area contributed by atoms with E-state index in [2.05, 4.69) is 0 Å². The highest BCUT2D eigenvalue weighted by molar-refractivity contribution is 6.36. The van der Waals surface area contributed by atoms with Crippen LogP contribution >= 0.6 is 11.6 Å². The van der Waals surface area contributed by atoms with Crippen LogP contribution in [-0.4, -0.2) is 9.94 Å². The van der Waals surface area contributed by atoms with E-state index in [4.69, 9.17) is 11.6 Å². The Hall–Kier alpha value is -1.15. The van der Waals surface area contributed by atoms with Crippen molar-refractivity contribution in [1.82, 2.24) is 4.73 Å². The van der Waals surface area contributed by atoms with E-state index >= 15 is 0 Å². The van der Waals surface area contributed by atoms with E-state index in [-0.39, 0.29) is 0 Å². The Morgan fingerprint density at radius 1 is 1.33 bits per heavy atom. The number of para-hydroxylation sites is 1. The van der Waals surface area contributed by atoms with E-state index in [1.54, 1.807) is 6.92 Å². The number of aromatic nitrogens is 1. The van der Waals surface area contributed by atoms with Crippen LogP contribution in [-0.2, 0) is 0 Å². The van der Waals surface area contributed by atoms with Crippen LogP contribution in [0.2, 0.25) is 5.02 Å². The molecule has 0 spiro atoms. The molecule has 12 heavy (non-hydrogen) atoms. The summed E-state index contributed by atoms with van der Waals surface area (Å²) in [5.74, 6) is 0. The number of rotatable bonds is 0. The standard InChI is InChI=1S/C9H8ClNO/c1-6-9(10)7-4-2-3-5-8(7)11(6)12/h2-5,12H,1H3. The molecule has 2 aromatic rings. The lowest BCUT2D eigenvalue weighted by atomic mass is 10.2. The average Bonchev–Trinajstić information content (AvgIpc) is 2.33. The van der Waals surface area contributed by atoms with Gasteiger partial charge in [-0.05, 0) is 13.0 Å². The first-order valence-corrected chi connectivity index (χ1v) is 4.04. The second-order valence-corrected chi connectivity index (χ2v) is 3.11. The molecule has 1 heterocycles. The lowest BCUT2D eigenvalue weighted by Crippen LogP contribution is -1.90. The number of hydrogen-bond donors (Lipinski definition) is 1. The summed E-state index contributed by atoms with van der Waals surface area (Å²) in [5, 5.41) is 11.0. The Morgan fingerprint density at radius 2 is 2.00 bits per heavy atom. The third-order valence-electron chi connectivity index (χ3n) is 2.00. The monoisotopic (exact) mass is 181 g/mol. The molecule has 2 nitrogen and oxygen atoms in total. The first-order chi connectivity index (χ1) is 5.72. The van der Waals surface area contributed by atoms with Crippen LogP contribution in [0.15, 0.2) is 24.3 Å². The first kappa shape index (κ1) is 7.50. The number of hydrogen-bond acceptors (Lipinski definition) is 1. The van der Waals surface area contributed by atoms with Crippen molar-refractivity contribution in [3.05, 3.63) is 35.0 Å². The zero-order chi connectivity index (χ0) is 8.72. The summed E-state index contributed by atoms with van der Waals surface area (Å²) in [7, 11) is 0. The Labute approximate surface area is 74.9 Å². The van der Waals surface area contributed by atoms with Crippen LogP contribution in [0.5, 0.6) is 0 Å². The van der Waals surface area contributed by atoms with Gasteiger partial charge < -0.3 is 5.21 Å². The number of nitrogens with zero attached hydrogens (tertiary/aromatic N) is 1. The van der Waals surface area contributed by atoms with Crippen molar-refractivity contribution < 1.29 is 5.21 Å². The van der Waals surface area contributed by atoms with Gasteiger partial charge in [-0.1, -0.05) is 29.8 Å². The van der Waals surface area contributed by atoms with Crippen LogP contribution in [0, 0.1) is 6.92 Å². The predicted molar refractivity (Wildman–Crippen MR) is 48.9 cm³/mol. The van der Waals surface area contributed by atoms with Gasteiger partial charge >= 0.3 is 0 Å². The van der Waals surface area contributed by atoms with Gasteiger partial charge in [0.25, 0.3) is 0 Å². The maximum Gasteiger partial charge on any atom is 0.0884 e. The molecular formula is C9H8ClNO. The van der Waals surface area contributed by atoms with Crippen molar-refractivity contribution in [2.45, 2.75) is 6.92 Å². The lowest BCUT2D eigenvalue weighted by Gasteiger charge is -1.94. The van der Waals surface area contributed by atoms with E-state index in [0.717, 1.165) is 15.6 Å². The fraction of sp³-hybridized carbons (Fsp3) is 0.111. The highest BCUT2D eigenvalue weighted by atomic mass is 35.5. The van der Waals surface area contributed by atoms with E-state index in [1.807, 2.05) is 24.3 Å². The van der Waals surface area contributed by atoms with Crippen LogP contribution < -0.4 is 0 Å². The van der Waals surface area contributed by atoms with E-state index in [0.29, 0.717) is 10.7 Å². The van der Waals surface area contributed by atoms with Crippen LogP contribution in [0.1, 0.15) is 5.69 Å². The Kier molecular flexibility index (Phi) is 1.51. The van der Waals surface area contributed by atoms with E-state index in [9.17, 15) is 5.21 Å². The van der Waals surface area contributed by atoms with Gasteiger partial charge in [0.1, 0.15) is 0 Å². The Balaban J connectivity index is 2.99. The summed E-state index contributed by atoms with van der Waals surface area (Å²) in [6, 6.07) is 7.48. The minimum absolute atomic E-state index is 0.619. The maximum atomic E-state index is 9.51. The van der Waals surface area contributed by atoms with Gasteiger partial charge in [-0.15, -0.1) is 0 Å². The van der Waals surface area contributed by atoms with Crippen LogP contribution in [0.3, 0.4) is 0 Å². The smallest absolute Gasteiger partial charge is 0.0884 e. The number of fused-ring (bicyclic) bond motifs is 1. The molecule has 0 aliphatic carbocycles. The molecule has 0 radical (unpaired) electrons. The van der Waals surface area contributed by atoms with Crippen LogP contribution in [0.4, 0.5) is 0 Å². The van der Waals surface area contributed by atoms with Crippen LogP contribution in [0.25, 0.3) is 10.9 Å². The molecule has 62 valence electrons. The van der Waals surface area contributed by atoms with Gasteiger partial charge in [-0.2, -0.15) is 4.73 Å². The van der Waals surface area contributed by atoms with Crippen molar-refractivity contribution in [2.24, 2.45) is 0 Å². The maximum absolute atomic E-state index is 9.51. The predicted octanol–water partition coefficient (Wildman–Crippen LogP) is 2.84. The molecule has 1 aromatic heterocycles. The molecule has 0 saturated heterocycles. The molecule has 0 atom stereocenters. The molecular weight excluding hydrogens is 174 g/mol. The number of halogens is 1. The fourth-order valence-corrected chi connectivity index (χ4v) is 1.55. The third kappa shape index (κ3) is 0.816. The molecule has 3 heteroatoms. The van der Waals surface area contributed by atoms with Crippen molar-refractivity contribution >= 4 is 22.5 Å². The minimum atomic E-state index is 0.619. The third-order valence-corrected chi connectivity index (χ3v) is 2.48. The summed E-state index contributed by atoms with van der Waals surface area (Å²) in [6.45, 7) is 1.78. The molecule has 0 saturated carbocycles. The Bertz CT molecular complexity index is 394. The van der Waals surface area contributed by atoms with Gasteiger partial charge in [0, 0.05) is 5.39 Å². The molecule has 0 amide bonds.